The highest BCUT2D eigenvalue weighted by Crippen LogP contribution is 2.34. The van der Waals surface area contributed by atoms with Crippen LogP contribution in [0, 0.1) is 10.1 Å². The maximum absolute atomic E-state index is 11.2. The van der Waals surface area contributed by atoms with Gasteiger partial charge in [-0.25, -0.2) is 0 Å². The second-order valence-electron chi connectivity index (χ2n) is 4.53. The van der Waals surface area contributed by atoms with E-state index in [2.05, 4.69) is 15.2 Å². The molecule has 2 aliphatic heterocycles. The van der Waals surface area contributed by atoms with Crippen molar-refractivity contribution in [1.29, 1.82) is 0 Å². The van der Waals surface area contributed by atoms with Crippen molar-refractivity contribution in [2.75, 3.05) is 6.54 Å². The van der Waals surface area contributed by atoms with Gasteiger partial charge in [-0.15, -0.1) is 0 Å². The Kier molecular flexibility index (Phi) is 2.43. The molecular formula is C12H12N4O2. The molecule has 0 aromatic carbocycles. The summed E-state index contributed by atoms with van der Waals surface area (Å²) < 4.78 is 0. The minimum absolute atomic E-state index is 0.0426. The Balaban J connectivity index is 2.21. The van der Waals surface area contributed by atoms with Gasteiger partial charge in [-0.3, -0.25) is 0 Å². The van der Waals surface area contributed by atoms with Crippen LogP contribution in [-0.2, 0) is 0 Å². The first-order valence-electron chi connectivity index (χ1n) is 5.87. The van der Waals surface area contributed by atoms with Gasteiger partial charge >= 0.3 is 5.84 Å². The number of allylic oxidation sites excluding steroid dienone is 3. The highest BCUT2D eigenvalue weighted by molar-refractivity contribution is 5.98. The molecule has 2 heterocycles. The number of rotatable bonds is 0. The van der Waals surface area contributed by atoms with Crippen LogP contribution >= 0.6 is 0 Å². The quantitative estimate of drug-likeness (QED) is 0.483. The van der Waals surface area contributed by atoms with Crippen molar-refractivity contribution < 1.29 is 4.92 Å². The molecule has 3 rings (SSSR count). The van der Waals surface area contributed by atoms with Crippen molar-refractivity contribution in [2.45, 2.75) is 25.4 Å². The topological polar surface area (TPSA) is 80.2 Å². The molecule has 0 fully saturated rings. The number of hydrogen-bond acceptors (Lipinski definition) is 5. The van der Waals surface area contributed by atoms with Crippen molar-refractivity contribution in [3.63, 3.8) is 0 Å². The standard InChI is InChI=1S/C12H12N4O2/c1-7-11-10(6-13-15-11)8-4-2-3-5-9(8)12(14-7)16(17)18/h2-3,5,7,11H,4,6H2,1H3. The molecule has 92 valence electrons. The van der Waals surface area contributed by atoms with E-state index in [9.17, 15) is 10.1 Å². The third-order valence-electron chi connectivity index (χ3n) is 3.43. The molecule has 6 heteroatoms. The van der Waals surface area contributed by atoms with Crippen molar-refractivity contribution in [3.05, 3.63) is 45.1 Å². The molecule has 6 nitrogen and oxygen atoms in total. The molecule has 0 N–H and O–H groups in total. The van der Waals surface area contributed by atoms with E-state index >= 15 is 0 Å². The highest BCUT2D eigenvalue weighted by atomic mass is 16.6. The van der Waals surface area contributed by atoms with Gasteiger partial charge in [0, 0.05) is 0 Å². The number of fused-ring (bicyclic) bond motifs is 2. The molecule has 0 saturated heterocycles. The van der Waals surface area contributed by atoms with Crippen molar-refractivity contribution in [2.24, 2.45) is 15.2 Å². The van der Waals surface area contributed by atoms with Crippen LogP contribution in [0.4, 0.5) is 0 Å². The fourth-order valence-electron chi connectivity index (χ4n) is 2.58. The minimum atomic E-state index is -0.403. The van der Waals surface area contributed by atoms with Gasteiger partial charge in [0.1, 0.15) is 6.04 Å². The van der Waals surface area contributed by atoms with E-state index in [1.165, 1.54) is 0 Å². The average molecular weight is 244 g/mol. The summed E-state index contributed by atoms with van der Waals surface area (Å²) >= 11 is 0. The number of azo groups is 1. The average Bonchev–Trinajstić information content (AvgIpc) is 2.80. The van der Waals surface area contributed by atoms with Crippen LogP contribution < -0.4 is 0 Å². The van der Waals surface area contributed by atoms with E-state index in [0.717, 1.165) is 11.1 Å². The Morgan fingerprint density at radius 3 is 3.11 bits per heavy atom. The molecule has 1 aliphatic carbocycles. The predicted molar refractivity (Wildman–Crippen MR) is 66.3 cm³/mol. The molecule has 0 saturated carbocycles. The molecule has 2 unspecified atom stereocenters. The van der Waals surface area contributed by atoms with Crippen molar-refractivity contribution >= 4 is 5.84 Å². The van der Waals surface area contributed by atoms with Gasteiger partial charge < -0.3 is 10.1 Å². The van der Waals surface area contributed by atoms with E-state index in [0.29, 0.717) is 18.5 Å². The lowest BCUT2D eigenvalue weighted by Gasteiger charge is -2.13. The lowest BCUT2D eigenvalue weighted by molar-refractivity contribution is -0.349. The van der Waals surface area contributed by atoms with Crippen LogP contribution in [0.25, 0.3) is 0 Å². The predicted octanol–water partition coefficient (Wildman–Crippen LogP) is 2.08. The highest BCUT2D eigenvalue weighted by Gasteiger charge is 2.38. The second kappa shape index (κ2) is 3.97. The van der Waals surface area contributed by atoms with Crippen LogP contribution in [0.3, 0.4) is 0 Å². The van der Waals surface area contributed by atoms with Gasteiger partial charge in [0.25, 0.3) is 0 Å². The molecule has 0 aromatic heterocycles. The fourth-order valence-corrected chi connectivity index (χ4v) is 2.58. The molecule has 0 aromatic rings. The number of amidine groups is 1. The molecule has 3 aliphatic rings. The SMILES string of the molecule is CC1N=C([N+](=O)[O-])C2=CC=CCC2=C2CN=NC21. The normalized spacial score (nSPS) is 29.4. The zero-order valence-corrected chi connectivity index (χ0v) is 9.91. The number of aliphatic imine (C=N–C) groups is 1. The van der Waals surface area contributed by atoms with Gasteiger partial charge in [-0.1, -0.05) is 17.1 Å². The molecule has 0 radical (unpaired) electrons. The second-order valence-corrected chi connectivity index (χ2v) is 4.53. The Morgan fingerprint density at radius 2 is 2.33 bits per heavy atom. The Hall–Kier alpha value is -2.11. The third kappa shape index (κ3) is 1.53. The van der Waals surface area contributed by atoms with Crippen LogP contribution in [0.2, 0.25) is 0 Å². The molecule has 0 amide bonds. The van der Waals surface area contributed by atoms with E-state index in [4.69, 9.17) is 0 Å². The summed E-state index contributed by atoms with van der Waals surface area (Å²) in [7, 11) is 0. The third-order valence-corrected chi connectivity index (χ3v) is 3.43. The lowest BCUT2D eigenvalue weighted by atomic mass is 9.89. The zero-order chi connectivity index (χ0) is 12.7. The summed E-state index contributed by atoms with van der Waals surface area (Å²) in [6.07, 6.45) is 6.30. The number of nitro groups is 1. The number of hydrogen-bond donors (Lipinski definition) is 0. The maximum Gasteiger partial charge on any atom is 0.366 e. The monoisotopic (exact) mass is 244 g/mol. The lowest BCUT2D eigenvalue weighted by Crippen LogP contribution is -2.21. The maximum atomic E-state index is 11.2. The van der Waals surface area contributed by atoms with E-state index < -0.39 is 4.92 Å². The Morgan fingerprint density at radius 1 is 1.50 bits per heavy atom. The van der Waals surface area contributed by atoms with Gasteiger partial charge in [0.15, 0.2) is 6.04 Å². The first-order valence-corrected chi connectivity index (χ1v) is 5.87. The largest absolute Gasteiger partial charge is 0.366 e. The van der Waals surface area contributed by atoms with Gasteiger partial charge in [-0.2, -0.15) is 10.2 Å². The smallest absolute Gasteiger partial charge is 0.358 e. The van der Waals surface area contributed by atoms with Gasteiger partial charge in [-0.05, 0) is 35.5 Å². The minimum Gasteiger partial charge on any atom is -0.358 e. The first-order chi connectivity index (χ1) is 8.68. The molecule has 2 atom stereocenters. The number of nitrogens with zero attached hydrogens (tertiary/aromatic N) is 4. The summed E-state index contributed by atoms with van der Waals surface area (Å²) in [5.41, 5.74) is 2.69. The zero-order valence-electron chi connectivity index (χ0n) is 9.91. The summed E-state index contributed by atoms with van der Waals surface area (Å²) in [5, 5.41) is 19.4. The molecule has 0 bridgehead atoms. The first kappa shape index (κ1) is 11.0. The van der Waals surface area contributed by atoms with Crippen LogP contribution in [0.15, 0.2) is 50.2 Å². The van der Waals surface area contributed by atoms with Crippen LogP contribution in [-0.4, -0.2) is 29.4 Å². The van der Waals surface area contributed by atoms with Crippen molar-refractivity contribution in [3.8, 4) is 0 Å². The summed E-state index contributed by atoms with van der Waals surface area (Å²) in [6, 6.07) is -0.363. The Labute approximate surface area is 104 Å². The molecule has 18 heavy (non-hydrogen) atoms. The summed E-state index contributed by atoms with van der Waals surface area (Å²) in [4.78, 5) is 15.0. The fraction of sp³-hybridized carbons (Fsp3) is 0.417. The van der Waals surface area contributed by atoms with Crippen molar-refractivity contribution in [1.82, 2.24) is 0 Å². The molecule has 0 spiro atoms. The van der Waals surface area contributed by atoms with Gasteiger partial charge in [0.2, 0.25) is 0 Å². The Bertz CT molecular complexity index is 569. The van der Waals surface area contributed by atoms with E-state index in [-0.39, 0.29) is 17.9 Å². The van der Waals surface area contributed by atoms with E-state index in [1.807, 2.05) is 19.1 Å². The van der Waals surface area contributed by atoms with Gasteiger partial charge in [0.05, 0.1) is 12.1 Å². The van der Waals surface area contributed by atoms with E-state index in [1.54, 1.807) is 6.08 Å². The molecular weight excluding hydrogens is 232 g/mol. The van der Waals surface area contributed by atoms with Crippen LogP contribution in [0.5, 0.6) is 0 Å². The van der Waals surface area contributed by atoms with Crippen LogP contribution in [0.1, 0.15) is 13.3 Å². The summed E-state index contributed by atoms with van der Waals surface area (Å²) in [6.45, 7) is 2.39. The summed E-state index contributed by atoms with van der Waals surface area (Å²) in [5.74, 6) is -0.0426.